The van der Waals surface area contributed by atoms with E-state index >= 15 is 0 Å². The van der Waals surface area contributed by atoms with Crippen LogP contribution in [0, 0.1) is 12.8 Å². The summed E-state index contributed by atoms with van der Waals surface area (Å²) in [5.41, 5.74) is 0. The Bertz CT molecular complexity index is 403. The van der Waals surface area contributed by atoms with Gasteiger partial charge in [-0.2, -0.15) is 4.98 Å². The van der Waals surface area contributed by atoms with Gasteiger partial charge in [-0.05, 0) is 32.6 Å². The molecule has 1 aromatic heterocycles. The van der Waals surface area contributed by atoms with Crippen molar-refractivity contribution in [2.24, 2.45) is 5.92 Å². The summed E-state index contributed by atoms with van der Waals surface area (Å²) in [5, 5.41) is 3.91. The standard InChI is InChI=1S/C13H21N3O2/c1-9-12(13-14-10(2)15-18-13)16(6-7-17-9)8-11-4-3-5-11/h9,11-12H,3-8H2,1-2H3/t9-,12+/m1/s1. The van der Waals surface area contributed by atoms with E-state index in [0.29, 0.717) is 11.7 Å². The molecule has 2 atom stereocenters. The highest BCUT2D eigenvalue weighted by molar-refractivity contribution is 4.98. The lowest BCUT2D eigenvalue weighted by Crippen LogP contribution is -2.47. The zero-order valence-electron chi connectivity index (χ0n) is 11.1. The Balaban J connectivity index is 1.76. The Labute approximate surface area is 107 Å². The first kappa shape index (κ1) is 12.1. The molecular formula is C13H21N3O2. The summed E-state index contributed by atoms with van der Waals surface area (Å²) in [7, 11) is 0. The summed E-state index contributed by atoms with van der Waals surface area (Å²) < 4.78 is 11.1. The zero-order chi connectivity index (χ0) is 12.5. The molecule has 5 nitrogen and oxygen atoms in total. The molecule has 1 saturated heterocycles. The Morgan fingerprint density at radius 1 is 1.39 bits per heavy atom. The fraction of sp³-hybridized carbons (Fsp3) is 0.846. The summed E-state index contributed by atoms with van der Waals surface area (Å²) >= 11 is 0. The van der Waals surface area contributed by atoms with Crippen LogP contribution in [0.5, 0.6) is 0 Å². The molecule has 3 rings (SSSR count). The van der Waals surface area contributed by atoms with E-state index in [1.54, 1.807) is 0 Å². The molecule has 0 amide bonds. The largest absolute Gasteiger partial charge is 0.375 e. The molecule has 1 aromatic rings. The number of ether oxygens (including phenoxy) is 1. The lowest BCUT2D eigenvalue weighted by Gasteiger charge is -2.41. The van der Waals surface area contributed by atoms with Crippen LogP contribution in [0.2, 0.25) is 0 Å². The maximum Gasteiger partial charge on any atom is 0.246 e. The third-order valence-electron chi connectivity index (χ3n) is 4.11. The highest BCUT2D eigenvalue weighted by Gasteiger charge is 2.36. The lowest BCUT2D eigenvalue weighted by molar-refractivity contribution is -0.0807. The average molecular weight is 251 g/mol. The minimum Gasteiger partial charge on any atom is -0.375 e. The maximum absolute atomic E-state index is 5.75. The molecule has 0 spiro atoms. The van der Waals surface area contributed by atoms with Gasteiger partial charge in [-0.3, -0.25) is 4.90 Å². The van der Waals surface area contributed by atoms with Crippen LogP contribution in [0.15, 0.2) is 4.52 Å². The van der Waals surface area contributed by atoms with Crippen LogP contribution < -0.4 is 0 Å². The molecule has 5 heteroatoms. The molecule has 1 aliphatic carbocycles. The minimum atomic E-state index is 0.124. The van der Waals surface area contributed by atoms with Gasteiger partial charge in [0, 0.05) is 13.1 Å². The van der Waals surface area contributed by atoms with Gasteiger partial charge in [-0.1, -0.05) is 11.6 Å². The van der Waals surface area contributed by atoms with Gasteiger partial charge < -0.3 is 9.26 Å². The van der Waals surface area contributed by atoms with E-state index in [0.717, 1.165) is 25.6 Å². The summed E-state index contributed by atoms with van der Waals surface area (Å²) in [6, 6.07) is 0.126. The van der Waals surface area contributed by atoms with E-state index in [2.05, 4.69) is 22.0 Å². The lowest BCUT2D eigenvalue weighted by atomic mass is 9.84. The summed E-state index contributed by atoms with van der Waals surface area (Å²) in [5.74, 6) is 2.26. The summed E-state index contributed by atoms with van der Waals surface area (Å²) in [6.45, 7) is 6.86. The molecule has 1 aliphatic heterocycles. The zero-order valence-corrected chi connectivity index (χ0v) is 11.1. The molecule has 2 aliphatic rings. The van der Waals surface area contributed by atoms with Crippen LogP contribution in [0.3, 0.4) is 0 Å². The van der Waals surface area contributed by atoms with E-state index < -0.39 is 0 Å². The van der Waals surface area contributed by atoms with Crippen molar-refractivity contribution < 1.29 is 9.26 Å². The van der Waals surface area contributed by atoms with Crippen molar-refractivity contribution in [3.05, 3.63) is 11.7 Å². The Hall–Kier alpha value is -0.940. The van der Waals surface area contributed by atoms with Crippen LogP contribution in [-0.2, 0) is 4.74 Å². The van der Waals surface area contributed by atoms with E-state index in [9.17, 15) is 0 Å². The van der Waals surface area contributed by atoms with Gasteiger partial charge in [0.15, 0.2) is 5.82 Å². The number of aryl methyl sites for hydroxylation is 1. The number of hydrogen-bond acceptors (Lipinski definition) is 5. The smallest absolute Gasteiger partial charge is 0.246 e. The van der Waals surface area contributed by atoms with Gasteiger partial charge in [0.25, 0.3) is 0 Å². The average Bonchev–Trinajstić information content (AvgIpc) is 2.70. The van der Waals surface area contributed by atoms with Crippen LogP contribution in [0.1, 0.15) is 43.9 Å². The quantitative estimate of drug-likeness (QED) is 0.821. The fourth-order valence-electron chi connectivity index (χ4n) is 2.89. The molecule has 2 heterocycles. The molecule has 2 fully saturated rings. The van der Waals surface area contributed by atoms with Crippen molar-refractivity contribution in [1.82, 2.24) is 15.0 Å². The van der Waals surface area contributed by atoms with E-state index in [1.807, 2.05) is 6.92 Å². The van der Waals surface area contributed by atoms with E-state index in [4.69, 9.17) is 9.26 Å². The van der Waals surface area contributed by atoms with Gasteiger partial charge in [0.05, 0.1) is 12.7 Å². The minimum absolute atomic E-state index is 0.124. The highest BCUT2D eigenvalue weighted by Crippen LogP contribution is 2.33. The summed E-state index contributed by atoms with van der Waals surface area (Å²) in [6.07, 6.45) is 4.23. The fourth-order valence-corrected chi connectivity index (χ4v) is 2.89. The number of rotatable bonds is 3. The highest BCUT2D eigenvalue weighted by atomic mass is 16.5. The van der Waals surface area contributed by atoms with Gasteiger partial charge in [-0.25, -0.2) is 0 Å². The van der Waals surface area contributed by atoms with Crippen LogP contribution in [-0.4, -0.2) is 40.8 Å². The second kappa shape index (κ2) is 4.97. The van der Waals surface area contributed by atoms with Gasteiger partial charge in [0.1, 0.15) is 6.04 Å². The first-order valence-corrected chi connectivity index (χ1v) is 6.90. The predicted octanol–water partition coefficient (Wildman–Crippen LogP) is 1.94. The van der Waals surface area contributed by atoms with Gasteiger partial charge in [0.2, 0.25) is 5.89 Å². The Kier molecular flexibility index (Phi) is 3.35. The molecule has 0 aromatic carbocycles. The Morgan fingerprint density at radius 3 is 2.83 bits per heavy atom. The predicted molar refractivity (Wildman–Crippen MR) is 66.1 cm³/mol. The molecule has 0 unspecified atom stereocenters. The number of aromatic nitrogens is 2. The molecule has 0 N–H and O–H groups in total. The first-order chi connectivity index (χ1) is 8.74. The van der Waals surface area contributed by atoms with Crippen molar-refractivity contribution in [1.29, 1.82) is 0 Å². The van der Waals surface area contributed by atoms with Crippen LogP contribution in [0.4, 0.5) is 0 Å². The number of hydrogen-bond donors (Lipinski definition) is 0. The third kappa shape index (κ3) is 2.29. The second-order valence-corrected chi connectivity index (χ2v) is 5.49. The Morgan fingerprint density at radius 2 is 2.22 bits per heavy atom. The topological polar surface area (TPSA) is 51.4 Å². The van der Waals surface area contributed by atoms with Crippen LogP contribution >= 0.6 is 0 Å². The normalized spacial score (nSPS) is 30.3. The molecule has 1 saturated carbocycles. The molecule has 0 radical (unpaired) electrons. The molecule has 18 heavy (non-hydrogen) atoms. The molecular weight excluding hydrogens is 230 g/mol. The van der Waals surface area contributed by atoms with Crippen molar-refractivity contribution in [2.75, 3.05) is 19.7 Å². The van der Waals surface area contributed by atoms with Crippen molar-refractivity contribution in [3.8, 4) is 0 Å². The summed E-state index contributed by atoms with van der Waals surface area (Å²) in [4.78, 5) is 6.85. The van der Waals surface area contributed by atoms with Gasteiger partial charge in [-0.15, -0.1) is 0 Å². The third-order valence-corrected chi connectivity index (χ3v) is 4.11. The van der Waals surface area contributed by atoms with Crippen molar-refractivity contribution in [2.45, 2.75) is 45.3 Å². The number of nitrogens with zero attached hydrogens (tertiary/aromatic N) is 3. The van der Waals surface area contributed by atoms with E-state index in [-0.39, 0.29) is 12.1 Å². The molecule has 100 valence electrons. The van der Waals surface area contributed by atoms with Crippen molar-refractivity contribution in [3.63, 3.8) is 0 Å². The SMILES string of the molecule is Cc1noc([C@@H]2[C@@H](C)OCCN2CC2CCC2)n1. The van der Waals surface area contributed by atoms with Crippen molar-refractivity contribution >= 4 is 0 Å². The van der Waals surface area contributed by atoms with Crippen LogP contribution in [0.25, 0.3) is 0 Å². The van der Waals surface area contributed by atoms with Gasteiger partial charge >= 0.3 is 0 Å². The monoisotopic (exact) mass is 251 g/mol. The maximum atomic E-state index is 5.75. The molecule has 0 bridgehead atoms. The first-order valence-electron chi connectivity index (χ1n) is 6.90. The van der Waals surface area contributed by atoms with E-state index in [1.165, 1.54) is 19.3 Å². The second-order valence-electron chi connectivity index (χ2n) is 5.49. The number of morpholine rings is 1.